The molecule has 1 fully saturated rings. The standard InChI is InChI=1S/C38H40N4O5S2/c1-24-25(2)34(46-22-28-15-9-5-10-16-28)30(47-31(24)23-45-21-27-13-7-4-8-14-27)19-39-37-40-20-32(48-37)33(43)35-26(3)41-38(49-35)42-36(44)29-17-11-6-12-18-29/h4-18,20,24-25,30-31,34H,19,21-23H2,1-3H3,(H,39,40)(H,41,42,44). The minimum absolute atomic E-state index is 0.110. The summed E-state index contributed by atoms with van der Waals surface area (Å²) in [4.78, 5) is 36.0. The lowest BCUT2D eigenvalue weighted by Gasteiger charge is -2.44. The second kappa shape index (κ2) is 16.4. The van der Waals surface area contributed by atoms with E-state index in [2.05, 4.69) is 58.7 Å². The molecule has 254 valence electrons. The van der Waals surface area contributed by atoms with Gasteiger partial charge in [-0.3, -0.25) is 14.9 Å². The Kier molecular flexibility index (Phi) is 11.6. The van der Waals surface area contributed by atoms with E-state index < -0.39 is 0 Å². The van der Waals surface area contributed by atoms with E-state index in [1.807, 2.05) is 42.5 Å². The van der Waals surface area contributed by atoms with Gasteiger partial charge >= 0.3 is 0 Å². The first-order valence-electron chi connectivity index (χ1n) is 16.4. The van der Waals surface area contributed by atoms with Crippen LogP contribution in [0.25, 0.3) is 0 Å². The van der Waals surface area contributed by atoms with E-state index in [1.54, 1.807) is 37.4 Å². The summed E-state index contributed by atoms with van der Waals surface area (Å²) in [6, 6.07) is 29.2. The number of ether oxygens (including phenoxy) is 3. The molecule has 1 amide bonds. The number of nitrogens with one attached hydrogen (secondary N) is 2. The van der Waals surface area contributed by atoms with Gasteiger partial charge in [-0.25, -0.2) is 9.97 Å². The van der Waals surface area contributed by atoms with Crippen molar-refractivity contribution in [3.8, 4) is 0 Å². The zero-order valence-electron chi connectivity index (χ0n) is 27.7. The fourth-order valence-corrected chi connectivity index (χ4v) is 7.58. The SMILES string of the molecule is Cc1nc(NC(=O)c2ccccc2)sc1C(=O)c1cnc(NCC2OC(COCc3ccccc3)C(C)C(C)C2OCc2ccccc2)s1. The van der Waals surface area contributed by atoms with Crippen molar-refractivity contribution >= 4 is 44.6 Å². The predicted molar refractivity (Wildman–Crippen MR) is 193 cm³/mol. The summed E-state index contributed by atoms with van der Waals surface area (Å²) < 4.78 is 19.3. The second-order valence-electron chi connectivity index (χ2n) is 12.2. The number of anilines is 2. The number of benzene rings is 3. The number of aromatic nitrogens is 2. The Bertz CT molecular complexity index is 1810. The Hall–Kier alpha value is -4.26. The van der Waals surface area contributed by atoms with Crippen molar-refractivity contribution in [2.75, 3.05) is 23.8 Å². The Morgan fingerprint density at radius 2 is 1.47 bits per heavy atom. The van der Waals surface area contributed by atoms with Gasteiger partial charge in [0.1, 0.15) is 11.0 Å². The van der Waals surface area contributed by atoms with E-state index in [9.17, 15) is 9.59 Å². The van der Waals surface area contributed by atoms with Crippen LogP contribution in [0.1, 0.15) is 55.6 Å². The third kappa shape index (κ3) is 8.86. The number of aryl methyl sites for hydroxylation is 1. The fourth-order valence-electron chi connectivity index (χ4n) is 5.83. The summed E-state index contributed by atoms with van der Waals surface area (Å²) >= 11 is 2.43. The Balaban J connectivity index is 1.10. The summed E-state index contributed by atoms with van der Waals surface area (Å²) in [6.45, 7) is 8.10. The first-order valence-corrected chi connectivity index (χ1v) is 18.0. The molecule has 2 N–H and O–H groups in total. The molecule has 5 atom stereocenters. The van der Waals surface area contributed by atoms with Crippen LogP contribution in [0.2, 0.25) is 0 Å². The molecule has 1 aliphatic rings. The average Bonchev–Trinajstić information content (AvgIpc) is 3.76. The zero-order chi connectivity index (χ0) is 34.2. The molecule has 5 unspecified atom stereocenters. The predicted octanol–water partition coefficient (Wildman–Crippen LogP) is 7.65. The Morgan fingerprint density at radius 3 is 2.16 bits per heavy atom. The van der Waals surface area contributed by atoms with Crippen LogP contribution in [0.15, 0.2) is 97.2 Å². The van der Waals surface area contributed by atoms with Gasteiger partial charge in [-0.1, -0.05) is 115 Å². The van der Waals surface area contributed by atoms with Crippen molar-refractivity contribution in [1.82, 2.24) is 9.97 Å². The topological polar surface area (TPSA) is 112 Å². The number of rotatable bonds is 14. The molecule has 1 saturated heterocycles. The van der Waals surface area contributed by atoms with Gasteiger partial charge in [0.25, 0.3) is 5.91 Å². The summed E-state index contributed by atoms with van der Waals surface area (Å²) in [5.74, 6) is -0.0464. The average molecular weight is 697 g/mol. The quantitative estimate of drug-likeness (QED) is 0.114. The zero-order valence-corrected chi connectivity index (χ0v) is 29.3. The molecule has 11 heteroatoms. The van der Waals surface area contributed by atoms with Crippen LogP contribution in [0.5, 0.6) is 0 Å². The van der Waals surface area contributed by atoms with Gasteiger partial charge in [0.15, 0.2) is 10.3 Å². The molecule has 2 aromatic heterocycles. The van der Waals surface area contributed by atoms with Crippen molar-refractivity contribution in [1.29, 1.82) is 0 Å². The molecule has 49 heavy (non-hydrogen) atoms. The lowest BCUT2D eigenvalue weighted by molar-refractivity contribution is -0.199. The minimum Gasteiger partial charge on any atom is -0.374 e. The Labute approximate surface area is 294 Å². The van der Waals surface area contributed by atoms with Crippen LogP contribution in [-0.4, -0.2) is 53.1 Å². The highest BCUT2D eigenvalue weighted by Crippen LogP contribution is 2.35. The highest BCUT2D eigenvalue weighted by molar-refractivity contribution is 7.21. The van der Waals surface area contributed by atoms with Crippen LogP contribution in [0.3, 0.4) is 0 Å². The maximum absolute atomic E-state index is 13.5. The lowest BCUT2D eigenvalue weighted by atomic mass is 9.81. The van der Waals surface area contributed by atoms with Crippen LogP contribution in [-0.2, 0) is 27.4 Å². The molecule has 1 aliphatic heterocycles. The van der Waals surface area contributed by atoms with Crippen LogP contribution in [0.4, 0.5) is 10.3 Å². The third-order valence-corrected chi connectivity index (χ3v) is 10.8. The van der Waals surface area contributed by atoms with Gasteiger partial charge in [0.05, 0.1) is 48.8 Å². The summed E-state index contributed by atoms with van der Waals surface area (Å²) in [7, 11) is 0. The number of hydrogen-bond acceptors (Lipinski definition) is 10. The van der Waals surface area contributed by atoms with E-state index in [1.165, 1.54) is 11.3 Å². The van der Waals surface area contributed by atoms with Gasteiger partial charge < -0.3 is 19.5 Å². The number of ketones is 1. The number of hydrogen-bond donors (Lipinski definition) is 2. The maximum Gasteiger partial charge on any atom is 0.257 e. The van der Waals surface area contributed by atoms with Gasteiger partial charge in [-0.05, 0) is 42.0 Å². The van der Waals surface area contributed by atoms with Gasteiger partial charge in [-0.2, -0.15) is 0 Å². The van der Waals surface area contributed by atoms with E-state index in [0.29, 0.717) is 57.6 Å². The number of thiazole rings is 2. The van der Waals surface area contributed by atoms with Crippen molar-refractivity contribution < 1.29 is 23.8 Å². The first-order chi connectivity index (χ1) is 23.9. The molecule has 6 rings (SSSR count). The fraction of sp³-hybridized carbons (Fsp3) is 0.316. The molecule has 0 radical (unpaired) electrons. The molecule has 3 aromatic carbocycles. The van der Waals surface area contributed by atoms with Gasteiger partial charge in [0.2, 0.25) is 5.78 Å². The van der Waals surface area contributed by atoms with Crippen molar-refractivity contribution in [3.63, 3.8) is 0 Å². The van der Waals surface area contributed by atoms with Gasteiger partial charge in [0, 0.05) is 12.1 Å². The molecule has 0 spiro atoms. The monoisotopic (exact) mass is 696 g/mol. The third-order valence-electron chi connectivity index (χ3n) is 8.77. The van der Waals surface area contributed by atoms with E-state index in [-0.39, 0.29) is 41.8 Å². The largest absolute Gasteiger partial charge is 0.374 e. The van der Waals surface area contributed by atoms with Crippen LogP contribution < -0.4 is 10.6 Å². The van der Waals surface area contributed by atoms with Crippen LogP contribution in [0, 0.1) is 18.8 Å². The van der Waals surface area contributed by atoms with Gasteiger partial charge in [-0.15, -0.1) is 0 Å². The maximum atomic E-state index is 13.5. The highest BCUT2D eigenvalue weighted by Gasteiger charge is 2.42. The Morgan fingerprint density at radius 1 is 0.816 bits per heavy atom. The first kappa shape index (κ1) is 34.6. The summed E-state index contributed by atoms with van der Waals surface area (Å²) in [6.07, 6.45) is 1.02. The highest BCUT2D eigenvalue weighted by atomic mass is 32.1. The molecule has 0 saturated carbocycles. The molecular weight excluding hydrogens is 657 g/mol. The van der Waals surface area contributed by atoms with Crippen LogP contribution >= 0.6 is 22.7 Å². The number of amides is 1. The van der Waals surface area contributed by atoms with E-state index in [4.69, 9.17) is 14.2 Å². The molecule has 3 heterocycles. The second-order valence-corrected chi connectivity index (χ2v) is 14.2. The molecule has 5 aromatic rings. The molecular formula is C38H40N4O5S2. The number of carbonyl (C=O) groups excluding carboxylic acids is 2. The molecule has 9 nitrogen and oxygen atoms in total. The van der Waals surface area contributed by atoms with Crippen molar-refractivity contribution in [3.05, 3.63) is 129 Å². The van der Waals surface area contributed by atoms with E-state index >= 15 is 0 Å². The smallest absolute Gasteiger partial charge is 0.257 e. The van der Waals surface area contributed by atoms with E-state index in [0.717, 1.165) is 22.5 Å². The summed E-state index contributed by atoms with van der Waals surface area (Å²) in [5, 5.41) is 7.19. The lowest BCUT2D eigenvalue weighted by Crippen LogP contribution is -2.54. The molecule has 0 aliphatic carbocycles. The molecule has 0 bridgehead atoms. The normalized spacial score (nSPS) is 20.5. The van der Waals surface area contributed by atoms with Crippen molar-refractivity contribution in [2.45, 2.75) is 52.3 Å². The summed E-state index contributed by atoms with van der Waals surface area (Å²) in [5.41, 5.74) is 3.30. The minimum atomic E-state index is -0.276. The number of nitrogens with zero attached hydrogens (tertiary/aromatic N) is 2. The number of carbonyl (C=O) groups is 2. The van der Waals surface area contributed by atoms with Crippen molar-refractivity contribution in [2.24, 2.45) is 11.8 Å².